The molecule has 3 aromatic heterocycles. The van der Waals surface area contributed by atoms with Crippen molar-refractivity contribution in [1.82, 2.24) is 29.5 Å². The zero-order valence-corrected chi connectivity index (χ0v) is 35.6. The zero-order valence-electron chi connectivity index (χ0n) is 32.7. The molecule has 4 N–H and O–H groups in total. The minimum atomic E-state index is -4.73. The van der Waals surface area contributed by atoms with E-state index < -0.39 is 91.1 Å². The van der Waals surface area contributed by atoms with Crippen LogP contribution in [0.1, 0.15) is 60.1 Å². The second-order valence-corrected chi connectivity index (χ2v) is 22.6. The highest BCUT2D eigenvalue weighted by Gasteiger charge is 2.54. The number of amides is 1. The minimum Gasteiger partial charge on any atom is -0.474 e. The molecular formula is C33H50N8O13P2Si. The van der Waals surface area contributed by atoms with Crippen LogP contribution < -0.4 is 15.6 Å². The molecule has 2 fully saturated rings. The summed E-state index contributed by atoms with van der Waals surface area (Å²) in [4.78, 5) is 54.4. The minimum absolute atomic E-state index is 0.0397. The summed E-state index contributed by atoms with van der Waals surface area (Å²) in [5.41, 5.74) is -0.828. The highest BCUT2D eigenvalue weighted by molar-refractivity contribution is 7.48. The monoisotopic (exact) mass is 856 g/mol. The second kappa shape index (κ2) is 18.6. The van der Waals surface area contributed by atoms with Crippen molar-refractivity contribution in [3.8, 4) is 11.9 Å². The number of nitrogens with one attached hydrogen (secondary N) is 2. The maximum absolute atomic E-state index is 14.8. The number of phosphoric acid groups is 1. The van der Waals surface area contributed by atoms with Crippen LogP contribution in [0.4, 0.5) is 5.95 Å². The van der Waals surface area contributed by atoms with E-state index in [1.807, 2.05) is 39.9 Å². The average Bonchev–Trinajstić information content (AvgIpc) is 3.82. The summed E-state index contributed by atoms with van der Waals surface area (Å²) in [5, 5.41) is 22.2. The lowest BCUT2D eigenvalue weighted by Gasteiger charge is -2.40. The Morgan fingerprint density at radius 2 is 2.00 bits per heavy atom. The van der Waals surface area contributed by atoms with Crippen molar-refractivity contribution in [2.24, 2.45) is 11.8 Å². The maximum atomic E-state index is 14.8. The van der Waals surface area contributed by atoms with Gasteiger partial charge in [-0.3, -0.25) is 42.6 Å². The molecular weight excluding hydrogens is 806 g/mol. The largest absolute Gasteiger partial charge is 0.475 e. The van der Waals surface area contributed by atoms with Gasteiger partial charge in [-0.2, -0.15) is 10.2 Å². The van der Waals surface area contributed by atoms with Crippen molar-refractivity contribution in [2.45, 2.75) is 109 Å². The summed E-state index contributed by atoms with van der Waals surface area (Å²) in [7, 11) is -10.9. The third-order valence-electron chi connectivity index (χ3n) is 10.0. The summed E-state index contributed by atoms with van der Waals surface area (Å²) < 4.78 is 70.4. The predicted octanol–water partition coefficient (Wildman–Crippen LogP) is 3.85. The Kier molecular flexibility index (Phi) is 14.6. The molecule has 314 valence electrons. The molecule has 21 nitrogen and oxygen atoms in total. The van der Waals surface area contributed by atoms with Gasteiger partial charge in [0.25, 0.3) is 5.56 Å². The van der Waals surface area contributed by atoms with Gasteiger partial charge in [-0.05, 0) is 24.6 Å². The molecule has 1 aliphatic carbocycles. The van der Waals surface area contributed by atoms with Crippen molar-refractivity contribution in [3.63, 3.8) is 0 Å². The van der Waals surface area contributed by atoms with Gasteiger partial charge in [0.05, 0.1) is 44.7 Å². The smallest absolute Gasteiger partial charge is 0.474 e. The van der Waals surface area contributed by atoms with Crippen LogP contribution in [-0.4, -0.2) is 104 Å². The van der Waals surface area contributed by atoms with Gasteiger partial charge in [0.1, 0.15) is 30.7 Å². The summed E-state index contributed by atoms with van der Waals surface area (Å²) in [6.07, 6.45) is -2.00. The van der Waals surface area contributed by atoms with Gasteiger partial charge < -0.3 is 28.4 Å². The standard InChI is InChI=1S/C33H50N8O13P2Si/c1-19(2)29(43)39-32-38-28-25(30(44)40-32)37-18-41(28)31-27(26(23(15-42)51-31)54-57(6,7)33(3,4)5)53-56(47,48-12-8-10-34)49-16-20-13-21(14-22(20)52-55(45)46)50-24-9-11-35-17-36-24/h9,11,17-23,26-27,31,42,55H,8,12-16H2,1-7H3,(H,45,46)(H2,38,39,40,43,44)/t20-,21-,22+,23-,26-,27-,31-,56?/m1/s1. The van der Waals surface area contributed by atoms with E-state index in [9.17, 15) is 34.0 Å². The molecule has 1 saturated carbocycles. The third kappa shape index (κ3) is 11.0. The predicted molar refractivity (Wildman–Crippen MR) is 205 cm³/mol. The Balaban J connectivity index is 1.52. The average molecular weight is 857 g/mol. The van der Waals surface area contributed by atoms with Crippen LogP contribution in [0.2, 0.25) is 18.1 Å². The number of H-pyrrole nitrogens is 1. The molecule has 57 heavy (non-hydrogen) atoms. The van der Waals surface area contributed by atoms with Crippen LogP contribution in [0.5, 0.6) is 5.88 Å². The van der Waals surface area contributed by atoms with Gasteiger partial charge in [0.2, 0.25) is 17.7 Å². The number of anilines is 1. The molecule has 0 spiro atoms. The number of ether oxygens (including phenoxy) is 2. The van der Waals surface area contributed by atoms with Gasteiger partial charge in [0.15, 0.2) is 25.7 Å². The van der Waals surface area contributed by atoms with Crippen LogP contribution in [0.25, 0.3) is 11.2 Å². The van der Waals surface area contributed by atoms with Crippen LogP contribution in [0.3, 0.4) is 0 Å². The highest BCUT2D eigenvalue weighted by atomic mass is 31.2. The van der Waals surface area contributed by atoms with E-state index >= 15 is 0 Å². The number of imidazole rings is 1. The number of carbonyl (C=O) groups excluding carboxylic acids is 1. The second-order valence-electron chi connectivity index (χ2n) is 15.5. The Morgan fingerprint density at radius 1 is 1.25 bits per heavy atom. The molecule has 9 atom stereocenters. The molecule has 1 amide bonds. The first kappa shape index (κ1) is 44.6. The van der Waals surface area contributed by atoms with Gasteiger partial charge in [-0.1, -0.05) is 34.6 Å². The molecule has 0 radical (unpaired) electrons. The van der Waals surface area contributed by atoms with Gasteiger partial charge in [-0.15, -0.1) is 0 Å². The number of fused-ring (bicyclic) bond motifs is 1. The first-order chi connectivity index (χ1) is 26.8. The quantitative estimate of drug-likeness (QED) is 0.0803. The molecule has 5 rings (SSSR count). The van der Waals surface area contributed by atoms with E-state index in [0.717, 1.165) is 0 Å². The van der Waals surface area contributed by atoms with Crippen LogP contribution in [0.15, 0.2) is 29.7 Å². The lowest BCUT2D eigenvalue weighted by molar-refractivity contribution is -0.118. The molecule has 2 aliphatic rings. The lowest BCUT2D eigenvalue weighted by atomic mass is 10.1. The number of nitrogens with zero attached hydrogens (tertiary/aromatic N) is 6. The van der Waals surface area contributed by atoms with Crippen molar-refractivity contribution >= 4 is 47.4 Å². The number of aliphatic hydroxyl groups excluding tert-OH is 1. The number of carbonyl (C=O) groups is 1. The summed E-state index contributed by atoms with van der Waals surface area (Å²) in [6, 6.07) is 3.48. The number of aliphatic hydroxyl groups is 1. The first-order valence-corrected chi connectivity index (χ1v) is 24.0. The Labute approximate surface area is 330 Å². The number of aromatic amines is 1. The first-order valence-electron chi connectivity index (χ1n) is 18.3. The van der Waals surface area contributed by atoms with Crippen molar-refractivity contribution in [1.29, 1.82) is 5.26 Å². The lowest BCUT2D eigenvalue weighted by Crippen LogP contribution is -2.50. The number of nitriles is 1. The van der Waals surface area contributed by atoms with Gasteiger partial charge in [0, 0.05) is 30.5 Å². The number of hydrogen-bond donors (Lipinski definition) is 4. The van der Waals surface area contributed by atoms with E-state index in [-0.39, 0.29) is 60.5 Å². The molecule has 3 aromatic rings. The number of phosphoric ester groups is 1. The van der Waals surface area contributed by atoms with Gasteiger partial charge >= 0.3 is 16.1 Å². The topological polar surface area (TPSA) is 281 Å². The fraction of sp³-hybridized carbons (Fsp3) is 0.667. The Bertz CT molecular complexity index is 2030. The molecule has 1 aliphatic heterocycles. The van der Waals surface area contributed by atoms with E-state index in [2.05, 4.69) is 30.2 Å². The summed E-state index contributed by atoms with van der Waals surface area (Å²) in [5.74, 6) is -1.38. The normalized spacial score (nSPS) is 25.7. The van der Waals surface area contributed by atoms with Gasteiger partial charge in [-0.25, -0.2) is 19.5 Å². The van der Waals surface area contributed by atoms with E-state index in [1.165, 1.54) is 23.4 Å². The number of rotatable bonds is 18. The fourth-order valence-corrected chi connectivity index (χ4v) is 9.30. The Hall–Kier alpha value is -3.45. The number of hydrogen-bond acceptors (Lipinski definition) is 17. The van der Waals surface area contributed by atoms with E-state index in [0.29, 0.717) is 0 Å². The molecule has 1 saturated heterocycles. The van der Waals surface area contributed by atoms with Crippen molar-refractivity contribution in [2.75, 3.05) is 25.1 Å². The number of aromatic nitrogens is 6. The van der Waals surface area contributed by atoms with E-state index in [4.69, 9.17) is 32.0 Å². The van der Waals surface area contributed by atoms with Crippen LogP contribution in [0, 0.1) is 23.2 Å². The van der Waals surface area contributed by atoms with Crippen LogP contribution in [-0.2, 0) is 41.2 Å². The molecule has 24 heteroatoms. The molecule has 0 aromatic carbocycles. The Morgan fingerprint density at radius 3 is 2.63 bits per heavy atom. The maximum Gasteiger partial charge on any atom is 0.475 e. The molecule has 4 heterocycles. The third-order valence-corrected chi connectivity index (χ3v) is 16.5. The summed E-state index contributed by atoms with van der Waals surface area (Å²) >= 11 is 0. The fourth-order valence-electron chi connectivity index (χ4n) is 6.02. The zero-order chi connectivity index (χ0) is 41.7. The van der Waals surface area contributed by atoms with Crippen molar-refractivity contribution < 1.29 is 55.9 Å². The molecule has 0 bridgehead atoms. The summed E-state index contributed by atoms with van der Waals surface area (Å²) in [6.45, 7) is 12.0. The highest BCUT2D eigenvalue weighted by Crippen LogP contribution is 2.56. The van der Waals surface area contributed by atoms with Crippen molar-refractivity contribution in [3.05, 3.63) is 35.3 Å². The molecule has 2 unspecified atom stereocenters. The van der Waals surface area contributed by atoms with Crippen LogP contribution >= 0.6 is 16.1 Å². The SMILES string of the molecule is CC(C)C(=O)Nc1nc2c(ncn2[C@@H]2O[C@H](CO)[C@@H](O[Si](C)(C)C(C)(C)C)[C@H]2OP(=O)(OCCC#N)OC[C@H]2C[C@@H](Oc3ccncn3)C[C@@H]2O[PH](=O)O)c(=O)[nH]1. The van der Waals surface area contributed by atoms with E-state index in [1.54, 1.807) is 19.9 Å².